The third kappa shape index (κ3) is 4.25. The Bertz CT molecular complexity index is 908. The maximum absolute atomic E-state index is 12.2. The van der Waals surface area contributed by atoms with Crippen LogP contribution in [0.15, 0.2) is 52.5 Å². The van der Waals surface area contributed by atoms with E-state index in [2.05, 4.69) is 20.8 Å². The predicted molar refractivity (Wildman–Crippen MR) is 106 cm³/mol. The zero-order valence-corrected chi connectivity index (χ0v) is 16.4. The SMILES string of the molecule is CSc1ccc(NC(=O)CSc2nnnn2-c2cccc(C)c2C)cc1. The fourth-order valence-electron chi connectivity index (χ4n) is 2.39. The highest BCUT2D eigenvalue weighted by Crippen LogP contribution is 2.23. The van der Waals surface area contributed by atoms with Gasteiger partial charge in [-0.15, -0.1) is 16.9 Å². The number of nitrogens with zero attached hydrogens (tertiary/aromatic N) is 4. The molecule has 0 aliphatic heterocycles. The molecule has 3 aromatic rings. The molecule has 26 heavy (non-hydrogen) atoms. The van der Waals surface area contributed by atoms with E-state index in [1.807, 2.05) is 62.6 Å². The Morgan fingerprint density at radius 1 is 1.15 bits per heavy atom. The molecule has 1 amide bonds. The molecule has 134 valence electrons. The fraction of sp³-hybridized carbons (Fsp3) is 0.222. The summed E-state index contributed by atoms with van der Waals surface area (Å²) in [6, 6.07) is 13.7. The smallest absolute Gasteiger partial charge is 0.234 e. The van der Waals surface area contributed by atoms with Crippen molar-refractivity contribution >= 4 is 35.1 Å². The number of thioether (sulfide) groups is 2. The fourth-order valence-corrected chi connectivity index (χ4v) is 3.48. The number of benzene rings is 2. The third-order valence-corrected chi connectivity index (χ3v) is 5.61. The first-order valence-electron chi connectivity index (χ1n) is 8.00. The lowest BCUT2D eigenvalue weighted by molar-refractivity contribution is -0.113. The van der Waals surface area contributed by atoms with Gasteiger partial charge in [0.25, 0.3) is 0 Å². The van der Waals surface area contributed by atoms with Gasteiger partial charge in [-0.2, -0.15) is 4.68 Å². The summed E-state index contributed by atoms with van der Waals surface area (Å²) in [5.41, 5.74) is 3.98. The second-order valence-corrected chi connectivity index (χ2v) is 7.48. The molecule has 0 spiro atoms. The largest absolute Gasteiger partial charge is 0.325 e. The molecule has 0 aliphatic rings. The van der Waals surface area contributed by atoms with Crippen molar-refractivity contribution in [1.29, 1.82) is 0 Å². The van der Waals surface area contributed by atoms with Gasteiger partial charge >= 0.3 is 0 Å². The van der Waals surface area contributed by atoms with Crippen LogP contribution in [0.2, 0.25) is 0 Å². The maximum atomic E-state index is 12.2. The van der Waals surface area contributed by atoms with Crippen LogP contribution in [0.25, 0.3) is 5.69 Å². The molecule has 0 bridgehead atoms. The molecule has 2 aromatic carbocycles. The van der Waals surface area contributed by atoms with E-state index >= 15 is 0 Å². The van der Waals surface area contributed by atoms with Gasteiger partial charge in [-0.25, -0.2) is 0 Å². The van der Waals surface area contributed by atoms with Crippen molar-refractivity contribution < 1.29 is 4.79 Å². The lowest BCUT2D eigenvalue weighted by Crippen LogP contribution is -2.14. The number of rotatable bonds is 6. The summed E-state index contributed by atoms with van der Waals surface area (Å²) in [6.45, 7) is 4.08. The molecule has 0 atom stereocenters. The molecule has 0 saturated carbocycles. The molecule has 8 heteroatoms. The monoisotopic (exact) mass is 385 g/mol. The highest BCUT2D eigenvalue weighted by molar-refractivity contribution is 7.99. The highest BCUT2D eigenvalue weighted by Gasteiger charge is 2.14. The van der Waals surface area contributed by atoms with Crippen LogP contribution in [0, 0.1) is 13.8 Å². The predicted octanol–water partition coefficient (Wildman–Crippen LogP) is 3.73. The lowest BCUT2D eigenvalue weighted by Gasteiger charge is -2.09. The molecule has 1 heterocycles. The number of carbonyl (C=O) groups excluding carboxylic acids is 1. The molecule has 1 N–H and O–H groups in total. The van der Waals surface area contributed by atoms with Gasteiger partial charge in [0.15, 0.2) is 0 Å². The first kappa shape index (κ1) is 18.5. The topological polar surface area (TPSA) is 72.7 Å². The van der Waals surface area contributed by atoms with Crippen LogP contribution in [0.3, 0.4) is 0 Å². The molecule has 6 nitrogen and oxygen atoms in total. The van der Waals surface area contributed by atoms with Crippen molar-refractivity contribution in [3.05, 3.63) is 53.6 Å². The van der Waals surface area contributed by atoms with Gasteiger partial charge in [0, 0.05) is 10.6 Å². The van der Waals surface area contributed by atoms with Gasteiger partial charge in [0.2, 0.25) is 11.1 Å². The Morgan fingerprint density at radius 2 is 1.92 bits per heavy atom. The van der Waals surface area contributed by atoms with E-state index < -0.39 is 0 Å². The first-order valence-corrected chi connectivity index (χ1v) is 10.2. The molecule has 0 radical (unpaired) electrons. The van der Waals surface area contributed by atoms with E-state index in [-0.39, 0.29) is 11.7 Å². The van der Waals surface area contributed by atoms with Crippen molar-refractivity contribution in [3.8, 4) is 5.69 Å². The molecular formula is C18H19N5OS2. The zero-order valence-electron chi connectivity index (χ0n) is 14.8. The minimum Gasteiger partial charge on any atom is -0.325 e. The second-order valence-electron chi connectivity index (χ2n) is 5.66. The number of hydrogen-bond donors (Lipinski definition) is 1. The molecule has 1 aromatic heterocycles. The summed E-state index contributed by atoms with van der Waals surface area (Å²) < 4.78 is 1.67. The average molecular weight is 386 g/mol. The summed E-state index contributed by atoms with van der Waals surface area (Å²) in [4.78, 5) is 13.4. The normalized spacial score (nSPS) is 10.7. The Balaban J connectivity index is 1.66. The molecular weight excluding hydrogens is 366 g/mol. The van der Waals surface area contributed by atoms with E-state index in [0.29, 0.717) is 5.16 Å². The highest BCUT2D eigenvalue weighted by atomic mass is 32.2. The summed E-state index contributed by atoms with van der Waals surface area (Å²) in [7, 11) is 0. The lowest BCUT2D eigenvalue weighted by atomic mass is 10.1. The van der Waals surface area contributed by atoms with Gasteiger partial charge in [-0.05, 0) is 72.0 Å². The Kier molecular flexibility index (Phi) is 5.95. The summed E-state index contributed by atoms with van der Waals surface area (Å²) in [5.74, 6) is 0.137. The van der Waals surface area contributed by atoms with Gasteiger partial charge in [0.05, 0.1) is 11.4 Å². The van der Waals surface area contributed by atoms with Crippen molar-refractivity contribution in [3.63, 3.8) is 0 Å². The van der Waals surface area contributed by atoms with Crippen molar-refractivity contribution in [2.45, 2.75) is 23.9 Å². The zero-order chi connectivity index (χ0) is 18.5. The van der Waals surface area contributed by atoms with Crippen LogP contribution in [0.1, 0.15) is 11.1 Å². The number of aryl methyl sites for hydroxylation is 1. The van der Waals surface area contributed by atoms with E-state index in [1.165, 1.54) is 17.3 Å². The molecule has 3 rings (SSSR count). The number of anilines is 1. The van der Waals surface area contributed by atoms with Crippen molar-refractivity contribution in [2.75, 3.05) is 17.3 Å². The van der Waals surface area contributed by atoms with Crippen LogP contribution >= 0.6 is 23.5 Å². The summed E-state index contributed by atoms with van der Waals surface area (Å²) in [6.07, 6.45) is 2.02. The van der Waals surface area contributed by atoms with Crippen LogP contribution in [0.4, 0.5) is 5.69 Å². The van der Waals surface area contributed by atoms with E-state index in [1.54, 1.807) is 16.4 Å². The standard InChI is InChI=1S/C18H19N5OS2/c1-12-5-4-6-16(13(12)2)23-18(20-21-22-23)26-11-17(24)19-14-7-9-15(25-3)10-8-14/h4-10H,11H2,1-3H3,(H,19,24). The number of carbonyl (C=O) groups is 1. The maximum Gasteiger partial charge on any atom is 0.234 e. The molecule has 0 saturated heterocycles. The van der Waals surface area contributed by atoms with E-state index in [0.717, 1.165) is 21.8 Å². The number of nitrogens with one attached hydrogen (secondary N) is 1. The van der Waals surface area contributed by atoms with Crippen LogP contribution in [0.5, 0.6) is 0 Å². The Morgan fingerprint density at radius 3 is 2.65 bits per heavy atom. The second kappa shape index (κ2) is 8.37. The quantitative estimate of drug-likeness (QED) is 0.652. The summed E-state index contributed by atoms with van der Waals surface area (Å²) in [5, 5.41) is 15.4. The Labute approximate surface area is 160 Å². The van der Waals surface area contributed by atoms with Gasteiger partial charge in [0.1, 0.15) is 0 Å². The van der Waals surface area contributed by atoms with E-state index in [9.17, 15) is 4.79 Å². The number of aromatic nitrogens is 4. The Hall–Kier alpha value is -2.32. The van der Waals surface area contributed by atoms with Crippen molar-refractivity contribution in [1.82, 2.24) is 20.2 Å². The van der Waals surface area contributed by atoms with E-state index in [4.69, 9.17) is 0 Å². The van der Waals surface area contributed by atoms with Crippen LogP contribution < -0.4 is 5.32 Å². The molecule has 0 fully saturated rings. The molecule has 0 unspecified atom stereocenters. The van der Waals surface area contributed by atoms with Crippen LogP contribution in [-0.4, -0.2) is 38.1 Å². The summed E-state index contributed by atoms with van der Waals surface area (Å²) >= 11 is 2.97. The number of amides is 1. The molecule has 0 aliphatic carbocycles. The minimum atomic E-state index is -0.0950. The van der Waals surface area contributed by atoms with Gasteiger partial charge in [-0.3, -0.25) is 4.79 Å². The third-order valence-electron chi connectivity index (χ3n) is 3.95. The van der Waals surface area contributed by atoms with Crippen LogP contribution in [-0.2, 0) is 4.79 Å². The number of hydrogen-bond acceptors (Lipinski definition) is 6. The van der Waals surface area contributed by atoms with Crippen molar-refractivity contribution in [2.24, 2.45) is 0 Å². The number of tetrazole rings is 1. The minimum absolute atomic E-state index is 0.0950. The first-order chi connectivity index (χ1) is 12.6. The average Bonchev–Trinajstić information content (AvgIpc) is 3.11. The van der Waals surface area contributed by atoms with Gasteiger partial charge < -0.3 is 5.32 Å². The van der Waals surface area contributed by atoms with Gasteiger partial charge in [-0.1, -0.05) is 23.9 Å².